The second kappa shape index (κ2) is 9.57. The van der Waals surface area contributed by atoms with E-state index in [1.807, 2.05) is 30.3 Å². The number of hydrogen-bond donors (Lipinski definition) is 2. The molecule has 0 radical (unpaired) electrons. The molecule has 2 N–H and O–H groups in total. The molecule has 1 aromatic rings. The van der Waals surface area contributed by atoms with Crippen molar-refractivity contribution in [3.05, 3.63) is 30.3 Å². The van der Waals surface area contributed by atoms with E-state index < -0.39 is 0 Å². The van der Waals surface area contributed by atoms with Crippen molar-refractivity contribution < 1.29 is 14.3 Å². The van der Waals surface area contributed by atoms with Crippen LogP contribution >= 0.6 is 0 Å². The number of likely N-dealkylation sites (tertiary alicyclic amines) is 1. The summed E-state index contributed by atoms with van der Waals surface area (Å²) in [6.07, 6.45) is 4.05. The van der Waals surface area contributed by atoms with Gasteiger partial charge in [-0.3, -0.25) is 9.59 Å². The van der Waals surface area contributed by atoms with Crippen molar-refractivity contribution in [3.63, 3.8) is 0 Å². The molecule has 6 nitrogen and oxygen atoms in total. The lowest BCUT2D eigenvalue weighted by Gasteiger charge is -2.32. The van der Waals surface area contributed by atoms with E-state index in [2.05, 4.69) is 10.6 Å². The Hall–Kier alpha value is -2.08. The summed E-state index contributed by atoms with van der Waals surface area (Å²) < 4.78 is 5.54. The maximum Gasteiger partial charge on any atom is 0.260 e. The van der Waals surface area contributed by atoms with Gasteiger partial charge < -0.3 is 20.3 Å². The molecule has 2 saturated heterocycles. The first kappa shape index (κ1) is 18.7. The number of carbonyl (C=O) groups excluding carboxylic acids is 2. The van der Waals surface area contributed by atoms with Crippen LogP contribution in [0.1, 0.15) is 25.7 Å². The van der Waals surface area contributed by atoms with Crippen LogP contribution in [0.2, 0.25) is 0 Å². The number of ether oxygens (including phenoxy) is 1. The summed E-state index contributed by atoms with van der Waals surface area (Å²) in [6.45, 7) is 4.00. The van der Waals surface area contributed by atoms with E-state index >= 15 is 0 Å². The van der Waals surface area contributed by atoms with Crippen LogP contribution in [0.5, 0.6) is 5.75 Å². The molecule has 3 rings (SSSR count). The third-order valence-electron chi connectivity index (χ3n) is 5.21. The zero-order chi connectivity index (χ0) is 18.2. The van der Waals surface area contributed by atoms with Crippen molar-refractivity contribution in [2.45, 2.75) is 25.7 Å². The molecule has 142 valence electrons. The number of carbonyl (C=O) groups is 2. The number of piperidine rings is 2. The second-order valence-electron chi connectivity index (χ2n) is 7.24. The van der Waals surface area contributed by atoms with Crippen molar-refractivity contribution in [1.82, 2.24) is 15.5 Å². The molecule has 2 aliphatic heterocycles. The number of rotatable bonds is 6. The van der Waals surface area contributed by atoms with Gasteiger partial charge in [0.25, 0.3) is 5.91 Å². The van der Waals surface area contributed by atoms with E-state index in [1.165, 1.54) is 12.8 Å². The molecular formula is C20H29N3O3. The first-order valence-corrected chi connectivity index (χ1v) is 9.66. The van der Waals surface area contributed by atoms with Crippen molar-refractivity contribution in [1.29, 1.82) is 0 Å². The standard InChI is InChI=1S/C20H29N3O3/c24-19(15-26-18-8-2-1-3-9-18)23-11-5-7-17(14-23)20(25)22-13-16-6-4-10-21-12-16/h1-3,8-9,16-17,21H,4-7,10-15H2,(H,22,25). The van der Waals surface area contributed by atoms with Crippen LogP contribution in [0, 0.1) is 11.8 Å². The largest absolute Gasteiger partial charge is 0.484 e. The van der Waals surface area contributed by atoms with Crippen molar-refractivity contribution in [3.8, 4) is 5.75 Å². The Morgan fingerprint density at radius 2 is 2.04 bits per heavy atom. The summed E-state index contributed by atoms with van der Waals surface area (Å²) in [6, 6.07) is 9.33. The van der Waals surface area contributed by atoms with E-state index in [4.69, 9.17) is 4.74 Å². The Balaban J connectivity index is 1.42. The van der Waals surface area contributed by atoms with Gasteiger partial charge in [0.15, 0.2) is 6.61 Å². The van der Waals surface area contributed by atoms with E-state index in [0.717, 1.165) is 32.5 Å². The van der Waals surface area contributed by atoms with Gasteiger partial charge in [-0.25, -0.2) is 0 Å². The first-order valence-electron chi connectivity index (χ1n) is 9.66. The highest BCUT2D eigenvalue weighted by Crippen LogP contribution is 2.18. The summed E-state index contributed by atoms with van der Waals surface area (Å²) in [7, 11) is 0. The number of hydrogen-bond acceptors (Lipinski definition) is 4. The molecule has 6 heteroatoms. The Labute approximate surface area is 155 Å². The van der Waals surface area contributed by atoms with Gasteiger partial charge in [0.1, 0.15) is 5.75 Å². The molecule has 0 bridgehead atoms. The van der Waals surface area contributed by atoms with E-state index in [-0.39, 0.29) is 24.3 Å². The van der Waals surface area contributed by atoms with Gasteiger partial charge in [-0.1, -0.05) is 18.2 Å². The molecule has 2 heterocycles. The number of nitrogens with one attached hydrogen (secondary N) is 2. The van der Waals surface area contributed by atoms with Gasteiger partial charge in [0.05, 0.1) is 5.92 Å². The number of amides is 2. The zero-order valence-corrected chi connectivity index (χ0v) is 15.3. The van der Waals surface area contributed by atoms with Crippen molar-refractivity contribution in [2.75, 3.05) is 39.3 Å². The highest BCUT2D eigenvalue weighted by Gasteiger charge is 2.29. The Morgan fingerprint density at radius 1 is 1.19 bits per heavy atom. The molecule has 26 heavy (non-hydrogen) atoms. The quantitative estimate of drug-likeness (QED) is 0.806. The summed E-state index contributed by atoms with van der Waals surface area (Å²) in [4.78, 5) is 26.7. The van der Waals surface area contributed by atoms with Gasteiger partial charge in [0, 0.05) is 19.6 Å². The Morgan fingerprint density at radius 3 is 2.81 bits per heavy atom. The fourth-order valence-corrected chi connectivity index (χ4v) is 3.66. The van der Waals surface area contributed by atoms with E-state index in [9.17, 15) is 9.59 Å². The van der Waals surface area contributed by atoms with Gasteiger partial charge in [-0.05, 0) is 56.8 Å². The minimum Gasteiger partial charge on any atom is -0.484 e. The second-order valence-corrected chi connectivity index (χ2v) is 7.24. The molecule has 0 aromatic heterocycles. The normalized spacial score (nSPS) is 23.3. The number of nitrogens with zero attached hydrogens (tertiary/aromatic N) is 1. The van der Waals surface area contributed by atoms with Gasteiger partial charge in [0.2, 0.25) is 5.91 Å². The minimum absolute atomic E-state index is 0.0199. The number of para-hydroxylation sites is 1. The van der Waals surface area contributed by atoms with Gasteiger partial charge in [-0.2, -0.15) is 0 Å². The van der Waals surface area contributed by atoms with Crippen LogP contribution in [0.15, 0.2) is 30.3 Å². The van der Waals surface area contributed by atoms with Crippen LogP contribution in [-0.4, -0.2) is 56.0 Å². The molecule has 1 aromatic carbocycles. The monoisotopic (exact) mass is 359 g/mol. The smallest absolute Gasteiger partial charge is 0.260 e. The topological polar surface area (TPSA) is 70.7 Å². The van der Waals surface area contributed by atoms with Crippen LogP contribution < -0.4 is 15.4 Å². The maximum atomic E-state index is 12.5. The van der Waals surface area contributed by atoms with E-state index in [1.54, 1.807) is 4.90 Å². The highest BCUT2D eigenvalue weighted by atomic mass is 16.5. The van der Waals surface area contributed by atoms with Crippen molar-refractivity contribution in [2.24, 2.45) is 11.8 Å². The summed E-state index contributed by atoms with van der Waals surface area (Å²) in [5, 5.41) is 6.46. The molecular weight excluding hydrogens is 330 g/mol. The van der Waals surface area contributed by atoms with E-state index in [0.29, 0.717) is 24.8 Å². The Bertz CT molecular complexity index is 587. The van der Waals surface area contributed by atoms with Crippen LogP contribution in [0.3, 0.4) is 0 Å². The average molecular weight is 359 g/mol. The molecule has 0 saturated carbocycles. The fourth-order valence-electron chi connectivity index (χ4n) is 3.66. The fraction of sp³-hybridized carbons (Fsp3) is 0.600. The molecule has 0 aliphatic carbocycles. The zero-order valence-electron chi connectivity index (χ0n) is 15.3. The molecule has 2 atom stereocenters. The summed E-state index contributed by atoms with van der Waals surface area (Å²) >= 11 is 0. The third kappa shape index (κ3) is 5.46. The van der Waals surface area contributed by atoms with Crippen LogP contribution in [-0.2, 0) is 9.59 Å². The lowest BCUT2D eigenvalue weighted by Crippen LogP contribution is -2.48. The SMILES string of the molecule is O=C(NCC1CCCNC1)C1CCCN(C(=O)COc2ccccc2)C1. The predicted octanol–water partition coefficient (Wildman–Crippen LogP) is 1.42. The Kier molecular flexibility index (Phi) is 6.89. The molecule has 0 spiro atoms. The minimum atomic E-state index is -0.110. The molecule has 2 aliphatic rings. The molecule has 2 amide bonds. The predicted molar refractivity (Wildman–Crippen MR) is 99.8 cm³/mol. The number of benzene rings is 1. The maximum absolute atomic E-state index is 12.5. The van der Waals surface area contributed by atoms with Crippen LogP contribution in [0.4, 0.5) is 0 Å². The molecule has 2 unspecified atom stereocenters. The summed E-state index contributed by atoms with van der Waals surface area (Å²) in [5.74, 6) is 1.13. The van der Waals surface area contributed by atoms with Gasteiger partial charge in [-0.15, -0.1) is 0 Å². The van der Waals surface area contributed by atoms with Gasteiger partial charge >= 0.3 is 0 Å². The lowest BCUT2D eigenvalue weighted by atomic mass is 9.95. The first-order chi connectivity index (χ1) is 12.7. The average Bonchev–Trinajstić information content (AvgIpc) is 2.72. The highest BCUT2D eigenvalue weighted by molar-refractivity contribution is 5.82. The lowest BCUT2D eigenvalue weighted by molar-refractivity contribution is -0.137. The van der Waals surface area contributed by atoms with Crippen LogP contribution in [0.25, 0.3) is 0 Å². The summed E-state index contributed by atoms with van der Waals surface area (Å²) in [5.41, 5.74) is 0. The molecule has 2 fully saturated rings. The third-order valence-corrected chi connectivity index (χ3v) is 5.21. The van der Waals surface area contributed by atoms with Crippen molar-refractivity contribution >= 4 is 11.8 Å².